The number of carboxylic acids is 1. The van der Waals surface area contributed by atoms with E-state index in [1.807, 2.05) is 12.1 Å². The largest absolute Gasteiger partial charge is 0.478 e. The summed E-state index contributed by atoms with van der Waals surface area (Å²) in [6.45, 7) is 0. The van der Waals surface area contributed by atoms with E-state index in [0.29, 0.717) is 11.3 Å². The van der Waals surface area contributed by atoms with E-state index < -0.39 is 5.97 Å². The molecule has 0 saturated carbocycles. The Morgan fingerprint density at radius 3 is 2.56 bits per heavy atom. The molecule has 0 heterocycles. The normalized spacial score (nSPS) is 10.0. The van der Waals surface area contributed by atoms with E-state index in [-0.39, 0.29) is 5.56 Å². The van der Waals surface area contributed by atoms with Gasteiger partial charge in [0.15, 0.2) is 0 Å². The highest BCUT2D eigenvalue weighted by Gasteiger charge is 2.06. The molecule has 0 unspecified atom stereocenters. The van der Waals surface area contributed by atoms with Crippen molar-refractivity contribution >= 4 is 17.9 Å². The zero-order chi connectivity index (χ0) is 13.1. The number of aromatic carboxylic acids is 1. The molecule has 0 aliphatic rings. The highest BCUT2D eigenvalue weighted by molar-refractivity contribution is 5.91. The number of benzene rings is 2. The van der Waals surface area contributed by atoms with Crippen LogP contribution in [0.3, 0.4) is 0 Å². The topological polar surface area (TPSA) is 87.2 Å². The van der Waals surface area contributed by atoms with Crippen LogP contribution >= 0.6 is 0 Å². The molecule has 0 saturated heterocycles. The van der Waals surface area contributed by atoms with E-state index in [9.17, 15) is 4.79 Å². The molecule has 0 fully saturated rings. The van der Waals surface area contributed by atoms with Crippen molar-refractivity contribution in [3.8, 4) is 11.1 Å². The summed E-state index contributed by atoms with van der Waals surface area (Å²) in [5.41, 5.74) is 8.73. The van der Waals surface area contributed by atoms with Crippen LogP contribution in [0.25, 0.3) is 11.1 Å². The number of nitrogens with one attached hydrogen (secondary N) is 1. The van der Waals surface area contributed by atoms with Gasteiger partial charge < -0.3 is 16.2 Å². The first-order chi connectivity index (χ1) is 8.61. The summed E-state index contributed by atoms with van der Waals surface area (Å²) in [4.78, 5) is 10.9. The summed E-state index contributed by atoms with van der Waals surface area (Å²) in [5.74, 6) is -0.959. The number of carboxylic acid groups (broad SMARTS) is 1. The molecular weight excluding hydrogens is 228 g/mol. The van der Waals surface area contributed by atoms with Gasteiger partial charge in [0.2, 0.25) is 0 Å². The van der Waals surface area contributed by atoms with Gasteiger partial charge >= 0.3 is 5.97 Å². The van der Waals surface area contributed by atoms with Gasteiger partial charge in [-0.05, 0) is 35.4 Å². The Balaban J connectivity index is 2.51. The smallest absolute Gasteiger partial charge is 0.335 e. The summed E-state index contributed by atoms with van der Waals surface area (Å²) >= 11 is 0. The van der Waals surface area contributed by atoms with Crippen LogP contribution in [0.15, 0.2) is 42.5 Å². The molecule has 4 N–H and O–H groups in total. The van der Waals surface area contributed by atoms with Crippen molar-refractivity contribution in [2.45, 2.75) is 0 Å². The lowest BCUT2D eigenvalue weighted by Crippen LogP contribution is -1.96. The number of hydrogen-bond donors (Lipinski definition) is 3. The molecule has 4 heteroatoms. The van der Waals surface area contributed by atoms with Gasteiger partial charge in [-0.3, -0.25) is 0 Å². The molecule has 0 atom stereocenters. The number of carbonyl (C=O) groups is 1. The molecule has 0 radical (unpaired) electrons. The van der Waals surface area contributed by atoms with Crippen LogP contribution in [0.5, 0.6) is 0 Å². The Morgan fingerprint density at radius 2 is 1.89 bits per heavy atom. The maximum atomic E-state index is 10.9. The van der Waals surface area contributed by atoms with Gasteiger partial charge in [0, 0.05) is 17.5 Å². The minimum Gasteiger partial charge on any atom is -0.478 e. The highest BCUT2D eigenvalue weighted by Crippen LogP contribution is 2.23. The van der Waals surface area contributed by atoms with Gasteiger partial charge in [0.1, 0.15) is 0 Å². The average molecular weight is 240 g/mol. The van der Waals surface area contributed by atoms with Crippen molar-refractivity contribution in [2.24, 2.45) is 0 Å². The number of anilines is 1. The minimum absolute atomic E-state index is 0.237. The molecule has 0 aromatic heterocycles. The Kier molecular flexibility index (Phi) is 3.10. The van der Waals surface area contributed by atoms with Crippen molar-refractivity contribution < 1.29 is 9.90 Å². The zero-order valence-corrected chi connectivity index (χ0v) is 9.55. The van der Waals surface area contributed by atoms with E-state index in [1.54, 1.807) is 30.3 Å². The van der Waals surface area contributed by atoms with E-state index >= 15 is 0 Å². The Labute approximate surface area is 104 Å². The Bertz CT molecular complexity index is 621. The maximum Gasteiger partial charge on any atom is 0.335 e. The molecule has 0 aliphatic heterocycles. The zero-order valence-electron chi connectivity index (χ0n) is 9.55. The lowest BCUT2D eigenvalue weighted by molar-refractivity contribution is 0.0697. The lowest BCUT2D eigenvalue weighted by Gasteiger charge is -2.06. The number of hydrogen-bond acceptors (Lipinski definition) is 3. The van der Waals surface area contributed by atoms with Gasteiger partial charge in [-0.15, -0.1) is 0 Å². The third-order valence-corrected chi connectivity index (χ3v) is 2.69. The fourth-order valence-electron chi connectivity index (χ4n) is 1.71. The summed E-state index contributed by atoms with van der Waals surface area (Å²) in [6.07, 6.45) is 1.18. The third kappa shape index (κ3) is 2.22. The summed E-state index contributed by atoms with van der Waals surface area (Å²) < 4.78 is 0. The number of nitrogen functional groups attached to an aromatic ring is 1. The molecule has 0 bridgehead atoms. The van der Waals surface area contributed by atoms with Gasteiger partial charge in [-0.1, -0.05) is 18.2 Å². The molecule has 18 heavy (non-hydrogen) atoms. The first kappa shape index (κ1) is 11.9. The standard InChI is InChI=1S/C14H12N2O2/c15-8-12-7-10(4-5-13(12)16)9-2-1-3-11(6-9)14(17)18/h1-8,15H,16H2,(H,17,18). The van der Waals surface area contributed by atoms with Crippen LogP contribution in [-0.2, 0) is 0 Å². The van der Waals surface area contributed by atoms with Crippen molar-refractivity contribution in [1.29, 1.82) is 5.41 Å². The SMILES string of the molecule is N=Cc1cc(-c2cccc(C(=O)O)c2)ccc1N. The second-order valence-electron chi connectivity index (χ2n) is 3.87. The van der Waals surface area contributed by atoms with E-state index in [2.05, 4.69) is 0 Å². The second-order valence-corrected chi connectivity index (χ2v) is 3.87. The van der Waals surface area contributed by atoms with Crippen LogP contribution in [0.2, 0.25) is 0 Å². The van der Waals surface area contributed by atoms with Crippen LogP contribution in [-0.4, -0.2) is 17.3 Å². The van der Waals surface area contributed by atoms with Gasteiger partial charge in [0.05, 0.1) is 5.56 Å². The minimum atomic E-state index is -0.959. The average Bonchev–Trinajstić information content (AvgIpc) is 2.39. The summed E-state index contributed by atoms with van der Waals surface area (Å²) in [7, 11) is 0. The van der Waals surface area contributed by atoms with E-state index in [4.69, 9.17) is 16.2 Å². The van der Waals surface area contributed by atoms with Crippen LogP contribution < -0.4 is 5.73 Å². The van der Waals surface area contributed by atoms with Crippen molar-refractivity contribution in [3.05, 3.63) is 53.6 Å². The van der Waals surface area contributed by atoms with Crippen molar-refractivity contribution in [1.82, 2.24) is 0 Å². The van der Waals surface area contributed by atoms with Crippen molar-refractivity contribution in [3.63, 3.8) is 0 Å². The maximum absolute atomic E-state index is 10.9. The second kappa shape index (κ2) is 4.71. The third-order valence-electron chi connectivity index (χ3n) is 2.69. The molecule has 0 amide bonds. The van der Waals surface area contributed by atoms with Crippen molar-refractivity contribution in [2.75, 3.05) is 5.73 Å². The van der Waals surface area contributed by atoms with Gasteiger partial charge in [0.25, 0.3) is 0 Å². The number of nitrogens with two attached hydrogens (primary N) is 1. The fourth-order valence-corrected chi connectivity index (χ4v) is 1.71. The molecule has 4 nitrogen and oxygen atoms in total. The molecule has 90 valence electrons. The first-order valence-corrected chi connectivity index (χ1v) is 5.35. The predicted octanol–water partition coefficient (Wildman–Crippen LogP) is 2.63. The van der Waals surface area contributed by atoms with Crippen LogP contribution in [0, 0.1) is 5.41 Å². The molecule has 2 rings (SSSR count). The summed E-state index contributed by atoms with van der Waals surface area (Å²) in [6, 6.07) is 11.9. The number of rotatable bonds is 3. The molecule has 0 spiro atoms. The first-order valence-electron chi connectivity index (χ1n) is 5.35. The molecule has 2 aromatic rings. The van der Waals surface area contributed by atoms with Gasteiger partial charge in [-0.2, -0.15) is 0 Å². The highest BCUT2D eigenvalue weighted by atomic mass is 16.4. The van der Waals surface area contributed by atoms with Crippen LogP contribution in [0.4, 0.5) is 5.69 Å². The van der Waals surface area contributed by atoms with E-state index in [1.165, 1.54) is 6.21 Å². The predicted molar refractivity (Wildman–Crippen MR) is 71.1 cm³/mol. The lowest BCUT2D eigenvalue weighted by atomic mass is 10.0. The van der Waals surface area contributed by atoms with E-state index in [0.717, 1.165) is 11.1 Å². The quantitative estimate of drug-likeness (QED) is 0.569. The molecule has 0 aliphatic carbocycles. The Hall–Kier alpha value is -2.62. The monoisotopic (exact) mass is 240 g/mol. The fraction of sp³-hybridized carbons (Fsp3) is 0. The molecular formula is C14H12N2O2. The summed E-state index contributed by atoms with van der Waals surface area (Å²) in [5, 5.41) is 16.2. The molecule has 2 aromatic carbocycles. The Morgan fingerprint density at radius 1 is 1.17 bits per heavy atom. The van der Waals surface area contributed by atoms with Crippen LogP contribution in [0.1, 0.15) is 15.9 Å². The van der Waals surface area contributed by atoms with Gasteiger partial charge in [-0.25, -0.2) is 4.79 Å².